The number of halogens is 1. The van der Waals surface area contributed by atoms with Crippen LogP contribution in [0, 0.1) is 0 Å². The number of anilines is 1. The van der Waals surface area contributed by atoms with Gasteiger partial charge in [-0.25, -0.2) is 8.42 Å². The summed E-state index contributed by atoms with van der Waals surface area (Å²) in [4.78, 5) is 27.9. The van der Waals surface area contributed by atoms with Crippen LogP contribution >= 0.6 is 22.9 Å². The number of carbonyl (C=O) groups excluding carboxylic acids is 2. The quantitative estimate of drug-likeness (QED) is 0.617. The summed E-state index contributed by atoms with van der Waals surface area (Å²) in [5.74, 6) is -1.40. The molecule has 0 fully saturated rings. The maximum atomic E-state index is 12.4. The molecule has 3 N–H and O–H groups in total. The van der Waals surface area contributed by atoms with E-state index >= 15 is 0 Å². The number of nitrogens with two attached hydrogens (primary N) is 1. The fourth-order valence-corrected chi connectivity index (χ4v) is 6.17. The fourth-order valence-electron chi connectivity index (χ4n) is 3.49. The molecule has 30 heavy (non-hydrogen) atoms. The number of hydrogen-bond acceptors (Lipinski definition) is 6. The lowest BCUT2D eigenvalue weighted by molar-refractivity contribution is -0.115. The average molecular weight is 470 g/mol. The molecule has 0 saturated carbocycles. The number of amides is 2. The van der Waals surface area contributed by atoms with Crippen LogP contribution in [0.2, 0.25) is 5.02 Å². The highest BCUT2D eigenvalue weighted by atomic mass is 35.5. The van der Waals surface area contributed by atoms with Crippen molar-refractivity contribution in [1.29, 1.82) is 0 Å². The molecule has 1 aliphatic heterocycles. The Bertz CT molecular complexity index is 1050. The number of fused-ring (bicyclic) bond motifs is 1. The molecule has 2 amide bonds. The third kappa shape index (κ3) is 5.21. The maximum Gasteiger partial charge on any atom is 0.251 e. The summed E-state index contributed by atoms with van der Waals surface area (Å²) in [6, 6.07) is 5.81. The smallest absolute Gasteiger partial charge is 0.251 e. The van der Waals surface area contributed by atoms with E-state index in [-0.39, 0.29) is 17.1 Å². The highest BCUT2D eigenvalue weighted by molar-refractivity contribution is 7.91. The van der Waals surface area contributed by atoms with Gasteiger partial charge in [-0.05, 0) is 49.2 Å². The van der Waals surface area contributed by atoms with Crippen LogP contribution in [0.25, 0.3) is 0 Å². The SMILES string of the molecule is CCCN1CCc2c(sc(NC(=O)CCS(=O)(=O)c3ccc(Cl)cc3)c2C(N)=O)C1. The number of nitrogens with zero attached hydrogens (tertiary/aromatic N) is 1. The molecule has 0 aliphatic carbocycles. The molecule has 1 aromatic carbocycles. The molecular weight excluding hydrogens is 446 g/mol. The summed E-state index contributed by atoms with van der Waals surface area (Å²) in [5.41, 5.74) is 6.82. The van der Waals surface area contributed by atoms with Crippen molar-refractivity contribution in [3.05, 3.63) is 45.3 Å². The van der Waals surface area contributed by atoms with Crippen LogP contribution in [0.3, 0.4) is 0 Å². The van der Waals surface area contributed by atoms with Crippen molar-refractivity contribution in [2.45, 2.75) is 37.6 Å². The molecule has 162 valence electrons. The monoisotopic (exact) mass is 469 g/mol. The van der Waals surface area contributed by atoms with Crippen molar-refractivity contribution in [3.63, 3.8) is 0 Å². The molecule has 0 atom stereocenters. The van der Waals surface area contributed by atoms with Crippen LogP contribution in [0.4, 0.5) is 5.00 Å². The van der Waals surface area contributed by atoms with E-state index in [2.05, 4.69) is 17.1 Å². The first-order valence-corrected chi connectivity index (χ1v) is 12.5. The van der Waals surface area contributed by atoms with Gasteiger partial charge in [0.25, 0.3) is 5.91 Å². The van der Waals surface area contributed by atoms with Crippen LogP contribution in [0.5, 0.6) is 0 Å². The molecule has 0 bridgehead atoms. The Morgan fingerprint density at radius 1 is 1.27 bits per heavy atom. The van der Waals surface area contributed by atoms with E-state index in [9.17, 15) is 18.0 Å². The van der Waals surface area contributed by atoms with Gasteiger partial charge in [-0.1, -0.05) is 18.5 Å². The third-order valence-electron chi connectivity index (χ3n) is 4.95. The summed E-state index contributed by atoms with van der Waals surface area (Å²) in [6.45, 7) is 4.63. The predicted octanol–water partition coefficient (Wildman–Crippen LogP) is 3.07. The van der Waals surface area contributed by atoms with Gasteiger partial charge in [0.15, 0.2) is 9.84 Å². The molecule has 1 aromatic heterocycles. The minimum absolute atomic E-state index is 0.111. The van der Waals surface area contributed by atoms with Gasteiger partial charge in [-0.2, -0.15) is 0 Å². The van der Waals surface area contributed by atoms with E-state index in [1.165, 1.54) is 35.6 Å². The standard InChI is InChI=1S/C20H24ClN3O4S2/c1-2-9-24-10-7-15-16(12-24)29-20(18(15)19(22)26)23-17(25)8-11-30(27,28)14-5-3-13(21)4-6-14/h3-6H,2,7-12H2,1H3,(H2,22,26)(H,23,25). The number of rotatable bonds is 8. The normalized spacial score (nSPS) is 14.3. The first-order valence-electron chi connectivity index (χ1n) is 9.66. The van der Waals surface area contributed by atoms with Gasteiger partial charge in [0.1, 0.15) is 5.00 Å². The zero-order valence-electron chi connectivity index (χ0n) is 16.6. The Hall–Kier alpha value is -1.94. The molecule has 3 rings (SSSR count). The predicted molar refractivity (Wildman–Crippen MR) is 119 cm³/mol. The minimum Gasteiger partial charge on any atom is -0.365 e. The second-order valence-corrected chi connectivity index (χ2v) is 10.8. The van der Waals surface area contributed by atoms with Crippen molar-refractivity contribution in [3.8, 4) is 0 Å². The van der Waals surface area contributed by atoms with E-state index < -0.39 is 21.7 Å². The van der Waals surface area contributed by atoms with Gasteiger partial charge in [0.05, 0.1) is 16.2 Å². The van der Waals surface area contributed by atoms with E-state index in [1.807, 2.05) is 0 Å². The Morgan fingerprint density at radius 3 is 2.60 bits per heavy atom. The zero-order valence-corrected chi connectivity index (χ0v) is 19.0. The Labute approximate surface area is 185 Å². The number of sulfone groups is 1. The molecule has 0 unspecified atom stereocenters. The van der Waals surface area contributed by atoms with Gasteiger partial charge in [0, 0.05) is 29.4 Å². The summed E-state index contributed by atoms with van der Waals surface area (Å²) in [7, 11) is -3.62. The molecule has 0 saturated heterocycles. The third-order valence-corrected chi connectivity index (χ3v) is 8.06. The number of primary amides is 1. The molecule has 2 heterocycles. The Kier molecular flexibility index (Phi) is 7.18. The van der Waals surface area contributed by atoms with Crippen LogP contribution < -0.4 is 11.1 Å². The zero-order chi connectivity index (χ0) is 21.9. The Balaban J connectivity index is 1.71. The lowest BCUT2D eigenvalue weighted by atomic mass is 10.0. The van der Waals surface area contributed by atoms with E-state index in [4.69, 9.17) is 17.3 Å². The number of nitrogens with one attached hydrogen (secondary N) is 1. The highest BCUT2D eigenvalue weighted by Gasteiger charge is 2.27. The molecule has 7 nitrogen and oxygen atoms in total. The van der Waals surface area contributed by atoms with Crippen molar-refractivity contribution in [2.24, 2.45) is 5.73 Å². The van der Waals surface area contributed by atoms with Crippen molar-refractivity contribution in [2.75, 3.05) is 24.2 Å². The van der Waals surface area contributed by atoms with E-state index in [0.29, 0.717) is 22.0 Å². The lowest BCUT2D eigenvalue weighted by Gasteiger charge is -2.26. The molecule has 2 aromatic rings. The lowest BCUT2D eigenvalue weighted by Crippen LogP contribution is -2.31. The van der Waals surface area contributed by atoms with Crippen LogP contribution in [-0.2, 0) is 27.6 Å². The number of thiophene rings is 1. The van der Waals surface area contributed by atoms with Gasteiger partial charge >= 0.3 is 0 Å². The van der Waals surface area contributed by atoms with Crippen LogP contribution in [0.1, 0.15) is 40.6 Å². The van der Waals surface area contributed by atoms with Crippen LogP contribution in [0.15, 0.2) is 29.2 Å². The summed E-state index contributed by atoms with van der Waals surface area (Å²) < 4.78 is 24.9. The molecule has 0 radical (unpaired) electrons. The summed E-state index contributed by atoms with van der Waals surface area (Å²) >= 11 is 7.13. The molecule has 1 aliphatic rings. The second-order valence-electron chi connectivity index (χ2n) is 7.17. The first kappa shape index (κ1) is 22.7. The summed E-state index contributed by atoms with van der Waals surface area (Å²) in [5, 5.41) is 3.54. The van der Waals surface area contributed by atoms with Gasteiger partial charge in [-0.3, -0.25) is 14.5 Å². The van der Waals surface area contributed by atoms with Crippen LogP contribution in [-0.4, -0.2) is 44.0 Å². The van der Waals surface area contributed by atoms with Crippen molar-refractivity contribution < 1.29 is 18.0 Å². The molecule has 0 spiro atoms. The van der Waals surface area contributed by atoms with Gasteiger partial charge < -0.3 is 11.1 Å². The van der Waals surface area contributed by atoms with E-state index in [1.54, 1.807) is 0 Å². The summed E-state index contributed by atoms with van der Waals surface area (Å²) in [6.07, 6.45) is 1.51. The van der Waals surface area contributed by atoms with E-state index in [0.717, 1.165) is 36.5 Å². The number of benzene rings is 1. The van der Waals surface area contributed by atoms with Crippen molar-refractivity contribution in [1.82, 2.24) is 4.90 Å². The average Bonchev–Trinajstić information content (AvgIpc) is 3.04. The van der Waals surface area contributed by atoms with Crippen molar-refractivity contribution >= 4 is 49.6 Å². The topological polar surface area (TPSA) is 110 Å². The Morgan fingerprint density at radius 2 is 1.97 bits per heavy atom. The molecular formula is C20H24ClN3O4S2. The second kappa shape index (κ2) is 9.47. The van der Waals surface area contributed by atoms with Gasteiger partial charge in [-0.15, -0.1) is 11.3 Å². The first-order chi connectivity index (χ1) is 14.2. The maximum absolute atomic E-state index is 12.4. The highest BCUT2D eigenvalue weighted by Crippen LogP contribution is 2.37. The fraction of sp³-hybridized carbons (Fsp3) is 0.400. The minimum atomic E-state index is -3.62. The number of carbonyl (C=O) groups is 2. The number of hydrogen-bond donors (Lipinski definition) is 2. The molecule has 10 heteroatoms. The largest absolute Gasteiger partial charge is 0.365 e. The van der Waals surface area contributed by atoms with Gasteiger partial charge in [0.2, 0.25) is 5.91 Å².